The number of carbonyl (C=O) groups excluding carboxylic acids is 1. The van der Waals surface area contributed by atoms with Gasteiger partial charge in [0.15, 0.2) is 0 Å². The maximum Gasteiger partial charge on any atom is 0.205 e. The van der Waals surface area contributed by atoms with Gasteiger partial charge < -0.3 is 9.47 Å². The topological polar surface area (TPSA) is 35.5 Å². The fourth-order valence-electron chi connectivity index (χ4n) is 1.67. The van der Waals surface area contributed by atoms with E-state index in [0.717, 1.165) is 23.2 Å². The number of carbonyl (C=O) groups is 1. The van der Waals surface area contributed by atoms with E-state index >= 15 is 0 Å². The third kappa shape index (κ3) is 2.14. The van der Waals surface area contributed by atoms with Crippen molar-refractivity contribution in [2.75, 3.05) is 0 Å². The number of allylic oxidation sites excluding steroid dienone is 1. The lowest BCUT2D eigenvalue weighted by atomic mass is 10.1. The Morgan fingerprint density at radius 2 is 2.19 bits per heavy atom. The highest BCUT2D eigenvalue weighted by Crippen LogP contribution is 2.33. The van der Waals surface area contributed by atoms with Gasteiger partial charge in [0, 0.05) is 19.4 Å². The van der Waals surface area contributed by atoms with Gasteiger partial charge in [-0.1, -0.05) is 18.2 Å². The third-order valence-corrected chi connectivity index (χ3v) is 2.44. The second-order valence-corrected chi connectivity index (χ2v) is 4.11. The monoisotopic (exact) mass is 218 g/mol. The lowest BCUT2D eigenvalue weighted by molar-refractivity contribution is -0.180. The van der Waals surface area contributed by atoms with E-state index in [0.29, 0.717) is 6.61 Å². The summed E-state index contributed by atoms with van der Waals surface area (Å²) in [6.07, 6.45) is 3.99. The minimum absolute atomic E-state index is 0.502. The average Bonchev–Trinajstić information content (AvgIpc) is 2.24. The molecule has 3 nitrogen and oxygen atoms in total. The first-order chi connectivity index (χ1) is 7.62. The Morgan fingerprint density at radius 1 is 1.38 bits per heavy atom. The molecule has 0 saturated carbocycles. The SMILES string of the molecule is CC1(C)OCc2c(/C=C/C=O)cccc2O1. The smallest absolute Gasteiger partial charge is 0.205 e. The van der Waals surface area contributed by atoms with Crippen molar-refractivity contribution in [3.05, 3.63) is 35.4 Å². The van der Waals surface area contributed by atoms with E-state index < -0.39 is 5.79 Å². The van der Waals surface area contributed by atoms with Crippen LogP contribution in [0.5, 0.6) is 5.75 Å². The number of ether oxygens (including phenoxy) is 2. The molecule has 1 aliphatic heterocycles. The minimum atomic E-state index is -0.583. The van der Waals surface area contributed by atoms with Crippen LogP contribution in [0.15, 0.2) is 24.3 Å². The first-order valence-electron chi connectivity index (χ1n) is 5.19. The van der Waals surface area contributed by atoms with E-state index in [-0.39, 0.29) is 0 Å². The molecule has 0 saturated heterocycles. The fraction of sp³-hybridized carbons (Fsp3) is 0.308. The molecule has 0 unspecified atom stereocenters. The Balaban J connectivity index is 2.38. The summed E-state index contributed by atoms with van der Waals surface area (Å²) in [4.78, 5) is 10.3. The molecule has 1 aromatic carbocycles. The van der Waals surface area contributed by atoms with Gasteiger partial charge >= 0.3 is 0 Å². The van der Waals surface area contributed by atoms with Crippen LogP contribution in [0.2, 0.25) is 0 Å². The molecule has 16 heavy (non-hydrogen) atoms. The van der Waals surface area contributed by atoms with E-state index in [1.54, 1.807) is 6.08 Å². The van der Waals surface area contributed by atoms with Gasteiger partial charge in [0.2, 0.25) is 5.79 Å². The van der Waals surface area contributed by atoms with Crippen LogP contribution in [0.1, 0.15) is 25.0 Å². The molecule has 1 aromatic rings. The van der Waals surface area contributed by atoms with E-state index in [2.05, 4.69) is 0 Å². The second kappa shape index (κ2) is 4.10. The Labute approximate surface area is 94.7 Å². The van der Waals surface area contributed by atoms with Crippen molar-refractivity contribution < 1.29 is 14.3 Å². The number of fused-ring (bicyclic) bond motifs is 1. The van der Waals surface area contributed by atoms with E-state index in [1.807, 2.05) is 32.0 Å². The molecule has 0 aromatic heterocycles. The Kier molecular flexibility index (Phi) is 2.79. The zero-order chi connectivity index (χ0) is 11.6. The quantitative estimate of drug-likeness (QED) is 0.565. The molecule has 0 N–H and O–H groups in total. The third-order valence-electron chi connectivity index (χ3n) is 2.44. The van der Waals surface area contributed by atoms with Gasteiger partial charge in [0.05, 0.1) is 6.61 Å². The predicted octanol–water partition coefficient (Wildman–Crippen LogP) is 2.54. The molecule has 3 heteroatoms. The molecule has 84 valence electrons. The van der Waals surface area contributed by atoms with Gasteiger partial charge in [-0.25, -0.2) is 0 Å². The Bertz CT molecular complexity index is 433. The maximum absolute atomic E-state index is 10.3. The molecule has 1 heterocycles. The largest absolute Gasteiger partial charge is 0.463 e. The summed E-state index contributed by atoms with van der Waals surface area (Å²) in [5.74, 6) is 0.240. The molecular formula is C13H14O3. The van der Waals surface area contributed by atoms with Crippen molar-refractivity contribution in [2.45, 2.75) is 26.2 Å². The molecule has 0 atom stereocenters. The van der Waals surface area contributed by atoms with Crippen molar-refractivity contribution in [3.63, 3.8) is 0 Å². The Hall–Kier alpha value is -1.61. The summed E-state index contributed by atoms with van der Waals surface area (Å²) >= 11 is 0. The van der Waals surface area contributed by atoms with Crippen molar-refractivity contribution in [1.29, 1.82) is 0 Å². The molecule has 0 aliphatic carbocycles. The van der Waals surface area contributed by atoms with Crippen LogP contribution < -0.4 is 4.74 Å². The van der Waals surface area contributed by atoms with Gasteiger partial charge in [-0.05, 0) is 17.7 Å². The molecular weight excluding hydrogens is 204 g/mol. The Morgan fingerprint density at radius 3 is 2.94 bits per heavy atom. The summed E-state index contributed by atoms with van der Waals surface area (Å²) in [6, 6.07) is 5.76. The molecule has 0 spiro atoms. The molecule has 0 fully saturated rings. The highest BCUT2D eigenvalue weighted by Gasteiger charge is 2.27. The van der Waals surface area contributed by atoms with Gasteiger partial charge in [0.1, 0.15) is 12.0 Å². The zero-order valence-corrected chi connectivity index (χ0v) is 9.40. The van der Waals surface area contributed by atoms with Crippen LogP contribution in [0.25, 0.3) is 6.08 Å². The summed E-state index contributed by atoms with van der Waals surface area (Å²) in [6.45, 7) is 4.26. The van der Waals surface area contributed by atoms with Crippen molar-refractivity contribution >= 4 is 12.4 Å². The maximum atomic E-state index is 10.3. The number of benzene rings is 1. The second-order valence-electron chi connectivity index (χ2n) is 4.11. The standard InChI is InChI=1S/C13H14O3/c1-13(2)15-9-11-10(6-4-8-14)5-3-7-12(11)16-13/h3-8H,9H2,1-2H3/b6-4+. The van der Waals surface area contributed by atoms with Gasteiger partial charge in [-0.2, -0.15) is 0 Å². The number of hydrogen-bond acceptors (Lipinski definition) is 3. The van der Waals surface area contributed by atoms with Crippen molar-refractivity contribution in [1.82, 2.24) is 0 Å². The van der Waals surface area contributed by atoms with Crippen LogP contribution >= 0.6 is 0 Å². The summed E-state index contributed by atoms with van der Waals surface area (Å²) in [5.41, 5.74) is 1.94. The highest BCUT2D eigenvalue weighted by atomic mass is 16.7. The molecule has 1 aliphatic rings. The van der Waals surface area contributed by atoms with E-state index in [9.17, 15) is 4.79 Å². The number of rotatable bonds is 2. The molecule has 0 amide bonds. The van der Waals surface area contributed by atoms with Crippen LogP contribution in [-0.4, -0.2) is 12.1 Å². The molecule has 0 radical (unpaired) electrons. The van der Waals surface area contributed by atoms with Gasteiger partial charge in [0.25, 0.3) is 0 Å². The highest BCUT2D eigenvalue weighted by molar-refractivity contribution is 5.75. The molecule has 2 rings (SSSR count). The fourth-order valence-corrected chi connectivity index (χ4v) is 1.67. The average molecular weight is 218 g/mol. The minimum Gasteiger partial charge on any atom is -0.463 e. The first-order valence-corrected chi connectivity index (χ1v) is 5.19. The van der Waals surface area contributed by atoms with Crippen LogP contribution in [-0.2, 0) is 16.1 Å². The summed E-state index contributed by atoms with van der Waals surface area (Å²) in [5, 5.41) is 0. The number of hydrogen-bond donors (Lipinski definition) is 0. The van der Waals surface area contributed by atoms with Gasteiger partial charge in [-0.3, -0.25) is 4.79 Å². The first kappa shape index (κ1) is 10.9. The van der Waals surface area contributed by atoms with E-state index in [4.69, 9.17) is 9.47 Å². The summed E-state index contributed by atoms with van der Waals surface area (Å²) < 4.78 is 11.3. The zero-order valence-electron chi connectivity index (χ0n) is 9.40. The lowest BCUT2D eigenvalue weighted by Crippen LogP contribution is -2.35. The van der Waals surface area contributed by atoms with E-state index in [1.165, 1.54) is 6.08 Å². The van der Waals surface area contributed by atoms with Gasteiger partial charge in [-0.15, -0.1) is 0 Å². The van der Waals surface area contributed by atoms with Crippen molar-refractivity contribution in [2.24, 2.45) is 0 Å². The summed E-state index contributed by atoms with van der Waals surface area (Å²) in [7, 11) is 0. The predicted molar refractivity (Wildman–Crippen MR) is 61.0 cm³/mol. The van der Waals surface area contributed by atoms with Crippen LogP contribution in [0.3, 0.4) is 0 Å². The van der Waals surface area contributed by atoms with Crippen molar-refractivity contribution in [3.8, 4) is 5.75 Å². The van der Waals surface area contributed by atoms with Crippen LogP contribution in [0, 0.1) is 0 Å². The normalized spacial score (nSPS) is 17.9. The van der Waals surface area contributed by atoms with Crippen LogP contribution in [0.4, 0.5) is 0 Å². The molecule has 0 bridgehead atoms. The number of aldehydes is 1. The lowest BCUT2D eigenvalue weighted by Gasteiger charge is -2.33.